The number of sulfonamides is 1. The van der Waals surface area contributed by atoms with Gasteiger partial charge in [-0.2, -0.15) is 8.42 Å². The van der Waals surface area contributed by atoms with E-state index in [1.807, 2.05) is 30.3 Å². The Labute approximate surface area is 265 Å². The lowest BCUT2D eigenvalue weighted by molar-refractivity contribution is -0.380. The Morgan fingerprint density at radius 3 is 2.44 bits per heavy atom. The molecule has 4 rings (SSSR count). The predicted octanol–water partition coefficient (Wildman–Crippen LogP) is 6.40. The molecule has 0 unspecified atom stereocenters. The molecule has 3 aromatic carbocycles. The van der Waals surface area contributed by atoms with Gasteiger partial charge in [0.1, 0.15) is 4.90 Å². The zero-order chi connectivity index (χ0) is 31.0. The Kier molecular flexibility index (Phi) is 10.9. The highest BCUT2D eigenvalue weighted by Gasteiger charge is 2.24. The molecule has 1 amide bonds. The van der Waals surface area contributed by atoms with Crippen LogP contribution in [0, 0.1) is 10.1 Å². The van der Waals surface area contributed by atoms with Crippen LogP contribution in [0.15, 0.2) is 98.0 Å². The molecule has 11 nitrogen and oxygen atoms in total. The van der Waals surface area contributed by atoms with Crippen LogP contribution in [0.3, 0.4) is 0 Å². The van der Waals surface area contributed by atoms with Crippen molar-refractivity contribution < 1.29 is 18.1 Å². The van der Waals surface area contributed by atoms with Gasteiger partial charge in [-0.05, 0) is 48.0 Å². The molecule has 1 aromatic heterocycles. The maximum Gasteiger partial charge on any atom is 0.324 e. The lowest BCUT2D eigenvalue weighted by Gasteiger charge is -2.13. The molecule has 4 aromatic rings. The number of amides is 1. The lowest BCUT2D eigenvalue weighted by Crippen LogP contribution is -2.33. The van der Waals surface area contributed by atoms with E-state index >= 15 is 0 Å². The third kappa shape index (κ3) is 8.86. The molecule has 1 heterocycles. The molecular formula is C27H22Cl2N6O5S3. The number of benzene rings is 3. The first-order valence-electron chi connectivity index (χ1n) is 12.2. The molecule has 0 radical (unpaired) electrons. The summed E-state index contributed by atoms with van der Waals surface area (Å²) in [5.74, 6) is -0.575. The highest BCUT2D eigenvalue weighted by molar-refractivity contribution is 7.99. The Balaban J connectivity index is 1.73. The number of halogens is 2. The standard InChI is InChI=1S/C27H22Cl2N6O5S3/c1-30-33-27(31-15-20-11-12-25(42-20)35(37)38)34-43(39,40)24-13-21(26(36)32-19-9-7-18(28)8-10-19)22(29)14-23(24)41-16-17-5-3-2-4-6-17/h2-15,30H,16H2,1H3,(H,32,36)(H,33,34)/b31-15+. The fraction of sp³-hybridized carbons (Fsp3) is 0.0741. The van der Waals surface area contributed by atoms with Crippen molar-refractivity contribution in [3.63, 3.8) is 0 Å². The zero-order valence-corrected chi connectivity index (χ0v) is 26.1. The van der Waals surface area contributed by atoms with Crippen molar-refractivity contribution in [2.45, 2.75) is 15.5 Å². The third-order valence-electron chi connectivity index (χ3n) is 5.45. The largest absolute Gasteiger partial charge is 0.324 e. The fourth-order valence-corrected chi connectivity index (χ4v) is 7.02. The van der Waals surface area contributed by atoms with Crippen LogP contribution in [0.1, 0.15) is 20.8 Å². The number of thioether (sulfide) groups is 1. The summed E-state index contributed by atoms with van der Waals surface area (Å²) in [5.41, 5.74) is 6.39. The highest BCUT2D eigenvalue weighted by atomic mass is 35.5. The summed E-state index contributed by atoms with van der Waals surface area (Å²) >= 11 is 14.5. The summed E-state index contributed by atoms with van der Waals surface area (Å²) in [6, 6.07) is 21.1. The maximum atomic E-state index is 13.7. The normalized spacial score (nSPS) is 11.9. The molecule has 0 saturated carbocycles. The van der Waals surface area contributed by atoms with Gasteiger partial charge in [-0.1, -0.05) is 64.9 Å². The number of rotatable bonds is 10. The molecule has 16 heteroatoms. The number of thiophene rings is 1. The summed E-state index contributed by atoms with van der Waals surface area (Å²) in [6.07, 6.45) is 1.24. The predicted molar refractivity (Wildman–Crippen MR) is 172 cm³/mol. The first-order chi connectivity index (χ1) is 20.6. The van der Waals surface area contributed by atoms with Crippen LogP contribution in [0.5, 0.6) is 0 Å². The zero-order valence-electron chi connectivity index (χ0n) is 22.2. The van der Waals surface area contributed by atoms with Crippen molar-refractivity contribution >= 4 is 85.1 Å². The van der Waals surface area contributed by atoms with E-state index in [1.165, 1.54) is 49.3 Å². The van der Waals surface area contributed by atoms with Crippen LogP contribution < -0.4 is 16.2 Å². The molecule has 0 aliphatic heterocycles. The van der Waals surface area contributed by atoms with Gasteiger partial charge in [-0.15, -0.1) is 16.2 Å². The molecule has 0 spiro atoms. The molecule has 0 bridgehead atoms. The molecule has 222 valence electrons. The van der Waals surface area contributed by atoms with E-state index < -0.39 is 20.9 Å². The average molecular weight is 678 g/mol. The van der Waals surface area contributed by atoms with E-state index in [0.717, 1.165) is 16.9 Å². The molecular weight excluding hydrogens is 655 g/mol. The third-order valence-corrected chi connectivity index (χ3v) is 9.54. The van der Waals surface area contributed by atoms with E-state index in [4.69, 9.17) is 23.2 Å². The first kappa shape index (κ1) is 32.1. The number of nitrogens with one attached hydrogen (secondary N) is 3. The van der Waals surface area contributed by atoms with Crippen LogP contribution in [-0.4, -0.2) is 38.5 Å². The van der Waals surface area contributed by atoms with Gasteiger partial charge in [0.15, 0.2) is 0 Å². The van der Waals surface area contributed by atoms with Gasteiger partial charge in [0, 0.05) is 40.7 Å². The number of nitrogens with zero attached hydrogens (tertiary/aromatic N) is 3. The monoisotopic (exact) mass is 676 g/mol. The quantitative estimate of drug-likeness (QED) is 0.0573. The number of hydrogen-bond donors (Lipinski definition) is 3. The number of carbonyl (C=O) groups is 1. The van der Waals surface area contributed by atoms with Crippen molar-refractivity contribution in [1.29, 1.82) is 0 Å². The summed E-state index contributed by atoms with van der Waals surface area (Å²) in [7, 11) is -3.01. The highest BCUT2D eigenvalue weighted by Crippen LogP contribution is 2.35. The van der Waals surface area contributed by atoms with Crippen LogP contribution >= 0.6 is 46.3 Å². The molecule has 0 aliphatic rings. The van der Waals surface area contributed by atoms with E-state index in [1.54, 1.807) is 24.3 Å². The minimum atomic E-state index is -4.49. The van der Waals surface area contributed by atoms with Crippen LogP contribution in [-0.2, 0) is 15.8 Å². The number of nitro groups is 1. The van der Waals surface area contributed by atoms with E-state index in [2.05, 4.69) is 25.6 Å². The molecule has 3 N–H and O–H groups in total. The number of hydrazine groups is 1. The van der Waals surface area contributed by atoms with Crippen molar-refractivity contribution in [2.24, 2.45) is 9.39 Å². The Morgan fingerprint density at radius 1 is 1.07 bits per heavy atom. The van der Waals surface area contributed by atoms with Gasteiger partial charge in [-0.25, -0.2) is 10.4 Å². The number of aliphatic imine (C=N–C) groups is 1. The summed E-state index contributed by atoms with van der Waals surface area (Å²) in [6.45, 7) is 0. The number of guanidine groups is 1. The second kappa shape index (κ2) is 14.6. The van der Waals surface area contributed by atoms with Gasteiger partial charge in [-0.3, -0.25) is 20.3 Å². The molecule has 0 aliphatic carbocycles. The smallest absolute Gasteiger partial charge is 0.322 e. The number of anilines is 1. The van der Waals surface area contributed by atoms with E-state index in [9.17, 15) is 23.3 Å². The van der Waals surface area contributed by atoms with E-state index in [-0.39, 0.29) is 31.3 Å². The SMILES string of the molecule is CNNC(/N=C/c1ccc([N+](=O)[O-])s1)=N/S(=O)(=O)c1cc(C(=O)Nc2ccc(Cl)cc2)c(Cl)cc1SCc1ccccc1. The molecule has 0 saturated heterocycles. The van der Waals surface area contributed by atoms with Crippen molar-refractivity contribution in [2.75, 3.05) is 12.4 Å². The first-order valence-corrected chi connectivity index (χ1v) is 16.2. The van der Waals surface area contributed by atoms with Crippen molar-refractivity contribution in [1.82, 2.24) is 10.9 Å². The Hall–Kier alpha value is -3.79. The van der Waals surface area contributed by atoms with Gasteiger partial charge < -0.3 is 5.32 Å². The number of carbonyl (C=O) groups excluding carboxylic acids is 1. The molecule has 0 fully saturated rings. The average Bonchev–Trinajstić information content (AvgIpc) is 3.46. The topological polar surface area (TPSA) is 155 Å². The van der Waals surface area contributed by atoms with Crippen molar-refractivity contribution in [3.8, 4) is 0 Å². The maximum absolute atomic E-state index is 13.7. The second-order valence-corrected chi connectivity index (χ2v) is 13.0. The van der Waals surface area contributed by atoms with Crippen molar-refractivity contribution in [3.05, 3.63) is 115 Å². The Bertz CT molecular complexity index is 1800. The summed E-state index contributed by atoms with van der Waals surface area (Å²) < 4.78 is 31.3. The number of hydrogen-bond acceptors (Lipinski definition) is 8. The molecule has 43 heavy (non-hydrogen) atoms. The van der Waals surface area contributed by atoms with Crippen LogP contribution in [0.2, 0.25) is 10.0 Å². The van der Waals surface area contributed by atoms with Gasteiger partial charge >= 0.3 is 5.00 Å². The second-order valence-electron chi connectivity index (χ2n) is 8.47. The summed E-state index contributed by atoms with van der Waals surface area (Å²) in [5, 5.41) is 14.1. The minimum Gasteiger partial charge on any atom is -0.322 e. The lowest BCUT2D eigenvalue weighted by atomic mass is 10.2. The summed E-state index contributed by atoms with van der Waals surface area (Å²) in [4.78, 5) is 28.1. The van der Waals surface area contributed by atoms with E-state index in [0.29, 0.717) is 21.3 Å². The Morgan fingerprint density at radius 2 is 1.79 bits per heavy atom. The van der Waals surface area contributed by atoms with Crippen LogP contribution in [0.25, 0.3) is 0 Å². The fourth-order valence-electron chi connectivity index (χ4n) is 3.48. The minimum absolute atomic E-state index is 0.0378. The van der Waals surface area contributed by atoms with Crippen LogP contribution in [0.4, 0.5) is 10.7 Å². The van der Waals surface area contributed by atoms with Gasteiger partial charge in [0.2, 0.25) is 5.96 Å². The molecule has 0 atom stereocenters. The van der Waals surface area contributed by atoms with Gasteiger partial charge in [0.25, 0.3) is 15.9 Å². The van der Waals surface area contributed by atoms with Gasteiger partial charge in [0.05, 0.1) is 20.4 Å².